The molecule has 37 heavy (non-hydrogen) atoms. The normalized spacial score (nSPS) is 14.4. The van der Waals surface area contributed by atoms with E-state index in [1.165, 1.54) is 12.5 Å². The molecular weight excluding hydrogens is 478 g/mol. The van der Waals surface area contributed by atoms with Crippen LogP contribution in [0.15, 0.2) is 43.0 Å². The van der Waals surface area contributed by atoms with Gasteiger partial charge in [0.1, 0.15) is 12.1 Å². The number of aromatic nitrogens is 3. The molecule has 198 valence electrons. The lowest BCUT2D eigenvalue weighted by molar-refractivity contribution is -0.141. The number of hydrogen-bond acceptors (Lipinski definition) is 6. The fraction of sp³-hybridized carbons (Fsp3) is 0.400. The minimum absolute atomic E-state index is 0.00175. The maximum atomic E-state index is 13.1. The highest BCUT2D eigenvalue weighted by Gasteiger charge is 2.28. The highest BCUT2D eigenvalue weighted by atomic mass is 16.4. The molecule has 2 aromatic heterocycles. The second-order valence-corrected chi connectivity index (χ2v) is 8.99. The third kappa shape index (κ3) is 7.40. The largest absolute Gasteiger partial charge is 0.480 e. The number of para-hydroxylation sites is 1. The van der Waals surface area contributed by atoms with Crippen molar-refractivity contribution in [1.29, 1.82) is 0 Å². The van der Waals surface area contributed by atoms with Crippen LogP contribution in [0.25, 0.3) is 10.9 Å². The molecule has 0 fully saturated rings. The zero-order valence-corrected chi connectivity index (χ0v) is 20.8. The van der Waals surface area contributed by atoms with Gasteiger partial charge in [0.25, 0.3) is 0 Å². The number of carboxylic acid groups (broad SMARTS) is 1. The van der Waals surface area contributed by atoms with Gasteiger partial charge in [0, 0.05) is 41.8 Å². The predicted octanol–water partition coefficient (Wildman–Crippen LogP) is 0.220. The number of nitrogens with two attached hydrogens (primary N) is 1. The number of nitrogens with one attached hydrogen (secondary N) is 5. The Bertz CT molecular complexity index is 1220. The predicted molar refractivity (Wildman–Crippen MR) is 136 cm³/mol. The number of carbonyl (C=O) groups is 4. The van der Waals surface area contributed by atoms with Gasteiger partial charge in [0.2, 0.25) is 17.7 Å². The van der Waals surface area contributed by atoms with Crippen molar-refractivity contribution in [2.75, 3.05) is 6.54 Å². The Morgan fingerprint density at radius 2 is 1.81 bits per heavy atom. The average Bonchev–Trinajstić information content (AvgIpc) is 3.55. The molecule has 0 radical (unpaired) electrons. The number of amides is 3. The molecule has 0 bridgehead atoms. The number of carbonyl (C=O) groups excluding carboxylic acids is 3. The van der Waals surface area contributed by atoms with Crippen LogP contribution in [0.3, 0.4) is 0 Å². The zero-order valence-electron chi connectivity index (χ0n) is 20.8. The summed E-state index contributed by atoms with van der Waals surface area (Å²) in [7, 11) is 0. The van der Waals surface area contributed by atoms with E-state index in [1.807, 2.05) is 38.1 Å². The number of hydrogen-bond donors (Lipinski definition) is 7. The van der Waals surface area contributed by atoms with E-state index in [4.69, 9.17) is 5.73 Å². The number of carboxylic acids is 1. The summed E-state index contributed by atoms with van der Waals surface area (Å²) in [4.78, 5) is 59.6. The van der Waals surface area contributed by atoms with Gasteiger partial charge >= 0.3 is 5.97 Å². The summed E-state index contributed by atoms with van der Waals surface area (Å²) in [6.07, 6.45) is 5.50. The molecule has 12 nitrogen and oxygen atoms in total. The van der Waals surface area contributed by atoms with E-state index in [9.17, 15) is 24.3 Å². The SMILES string of the molecule is CCC(C)C(N)C(=O)NC(Cc1c[nH]c2ccccc12)C(=O)NCC(=O)NC(Cc1cnc[nH]1)C(=O)O. The van der Waals surface area contributed by atoms with Gasteiger partial charge in [0.15, 0.2) is 0 Å². The van der Waals surface area contributed by atoms with Crippen LogP contribution in [0, 0.1) is 5.92 Å². The Morgan fingerprint density at radius 3 is 2.49 bits per heavy atom. The molecule has 0 spiro atoms. The van der Waals surface area contributed by atoms with Gasteiger partial charge in [-0.15, -0.1) is 0 Å². The topological polar surface area (TPSA) is 195 Å². The first-order valence-electron chi connectivity index (χ1n) is 12.1. The average molecular weight is 512 g/mol. The smallest absolute Gasteiger partial charge is 0.326 e. The van der Waals surface area contributed by atoms with Crippen LogP contribution in [0.2, 0.25) is 0 Å². The number of benzene rings is 1. The van der Waals surface area contributed by atoms with Crippen LogP contribution in [-0.2, 0) is 32.0 Å². The molecule has 0 saturated carbocycles. The van der Waals surface area contributed by atoms with E-state index < -0.39 is 48.4 Å². The third-order valence-electron chi connectivity index (χ3n) is 6.33. The van der Waals surface area contributed by atoms with Crippen LogP contribution < -0.4 is 21.7 Å². The molecule has 0 aliphatic heterocycles. The van der Waals surface area contributed by atoms with Gasteiger partial charge in [0.05, 0.1) is 18.9 Å². The molecule has 4 atom stereocenters. The number of rotatable bonds is 13. The summed E-state index contributed by atoms with van der Waals surface area (Å²) < 4.78 is 0. The van der Waals surface area contributed by atoms with Gasteiger partial charge in [-0.05, 0) is 17.5 Å². The molecule has 8 N–H and O–H groups in total. The Hall–Kier alpha value is -4.19. The lowest BCUT2D eigenvalue weighted by Gasteiger charge is -2.23. The van der Waals surface area contributed by atoms with Gasteiger partial charge in [-0.3, -0.25) is 14.4 Å². The van der Waals surface area contributed by atoms with Crippen molar-refractivity contribution in [2.45, 2.75) is 51.2 Å². The highest BCUT2D eigenvalue weighted by molar-refractivity contribution is 5.93. The minimum Gasteiger partial charge on any atom is -0.480 e. The van der Waals surface area contributed by atoms with E-state index in [-0.39, 0.29) is 18.8 Å². The number of aromatic amines is 2. The third-order valence-corrected chi connectivity index (χ3v) is 6.33. The fourth-order valence-electron chi connectivity index (χ4n) is 3.86. The lowest BCUT2D eigenvalue weighted by Crippen LogP contribution is -2.55. The highest BCUT2D eigenvalue weighted by Crippen LogP contribution is 2.19. The van der Waals surface area contributed by atoms with Crippen LogP contribution in [0.4, 0.5) is 0 Å². The van der Waals surface area contributed by atoms with Gasteiger partial charge < -0.3 is 36.8 Å². The van der Waals surface area contributed by atoms with Gasteiger partial charge in [-0.25, -0.2) is 9.78 Å². The van der Waals surface area contributed by atoms with Crippen molar-refractivity contribution in [3.8, 4) is 0 Å². The molecule has 3 rings (SSSR count). The van der Waals surface area contributed by atoms with Crippen molar-refractivity contribution >= 4 is 34.6 Å². The van der Waals surface area contributed by atoms with Crippen LogP contribution in [0.5, 0.6) is 0 Å². The standard InChI is InChI=1S/C25H33N7O5/c1-3-14(2)22(26)24(35)32-19(8-15-10-28-18-7-5-4-6-17(15)18)23(34)29-12-21(33)31-20(25(36)37)9-16-11-27-13-30-16/h4-7,10-11,13-14,19-20,22,28H,3,8-9,12,26H2,1-2H3,(H,27,30)(H,29,34)(H,31,33)(H,32,35)(H,36,37). The quantitative estimate of drug-likeness (QED) is 0.170. The number of aliphatic carboxylic acids is 1. The van der Waals surface area contributed by atoms with Gasteiger partial charge in [-0.2, -0.15) is 0 Å². The number of fused-ring (bicyclic) bond motifs is 1. The summed E-state index contributed by atoms with van der Waals surface area (Å²) in [6.45, 7) is 3.30. The monoisotopic (exact) mass is 511 g/mol. The zero-order chi connectivity index (χ0) is 26.9. The summed E-state index contributed by atoms with van der Waals surface area (Å²) in [5.74, 6) is -3.06. The molecule has 3 aromatic rings. The number of H-pyrrole nitrogens is 2. The second-order valence-electron chi connectivity index (χ2n) is 8.99. The fourth-order valence-corrected chi connectivity index (χ4v) is 3.86. The number of nitrogens with zero attached hydrogens (tertiary/aromatic N) is 1. The first kappa shape index (κ1) is 27.4. The van der Waals surface area contributed by atoms with Gasteiger partial charge in [-0.1, -0.05) is 38.5 Å². The molecule has 0 aliphatic rings. The summed E-state index contributed by atoms with van der Waals surface area (Å²) in [6, 6.07) is 4.55. The maximum Gasteiger partial charge on any atom is 0.326 e. The maximum absolute atomic E-state index is 13.1. The van der Waals surface area contributed by atoms with E-state index in [1.54, 1.807) is 6.20 Å². The van der Waals surface area contributed by atoms with Crippen LogP contribution >= 0.6 is 0 Å². The molecule has 2 heterocycles. The molecule has 3 amide bonds. The molecule has 1 aromatic carbocycles. The Kier molecular flexibility index (Phi) is 9.39. The Balaban J connectivity index is 1.68. The van der Waals surface area contributed by atoms with Crippen molar-refractivity contribution in [3.63, 3.8) is 0 Å². The second kappa shape index (κ2) is 12.7. The van der Waals surface area contributed by atoms with E-state index in [0.29, 0.717) is 12.1 Å². The van der Waals surface area contributed by atoms with Crippen molar-refractivity contribution in [2.24, 2.45) is 11.7 Å². The summed E-state index contributed by atoms with van der Waals surface area (Å²) in [5, 5.41) is 18.0. The lowest BCUT2D eigenvalue weighted by atomic mass is 9.98. The van der Waals surface area contributed by atoms with E-state index in [0.717, 1.165) is 16.5 Å². The summed E-state index contributed by atoms with van der Waals surface area (Å²) >= 11 is 0. The molecular formula is C25H33N7O5. The van der Waals surface area contributed by atoms with Crippen molar-refractivity contribution in [3.05, 3.63) is 54.2 Å². The molecule has 0 saturated heterocycles. The first-order chi connectivity index (χ1) is 17.7. The molecule has 4 unspecified atom stereocenters. The Labute approximate surface area is 213 Å². The van der Waals surface area contributed by atoms with Crippen LogP contribution in [-0.4, -0.2) is 68.4 Å². The van der Waals surface area contributed by atoms with Crippen LogP contribution in [0.1, 0.15) is 31.5 Å². The van der Waals surface area contributed by atoms with E-state index in [2.05, 4.69) is 30.9 Å². The minimum atomic E-state index is -1.22. The van der Waals surface area contributed by atoms with Crippen molar-refractivity contribution in [1.82, 2.24) is 30.9 Å². The van der Waals surface area contributed by atoms with E-state index >= 15 is 0 Å². The first-order valence-corrected chi connectivity index (χ1v) is 12.1. The Morgan fingerprint density at radius 1 is 1.05 bits per heavy atom. The molecule has 12 heteroatoms. The summed E-state index contributed by atoms with van der Waals surface area (Å²) in [5.41, 5.74) is 8.30. The molecule has 0 aliphatic carbocycles. The van der Waals surface area contributed by atoms with Crippen molar-refractivity contribution < 1.29 is 24.3 Å². The number of imidazole rings is 1.